The predicted molar refractivity (Wildman–Crippen MR) is 87.0 cm³/mol. The number of likely N-dealkylation sites (tertiary alicyclic amines) is 1. The number of hydrogen-bond acceptors (Lipinski definition) is 5. The van der Waals surface area contributed by atoms with Gasteiger partial charge in [-0.2, -0.15) is 0 Å². The zero-order valence-electron chi connectivity index (χ0n) is 13.9. The zero-order chi connectivity index (χ0) is 18.0. The summed E-state index contributed by atoms with van der Waals surface area (Å²) in [6, 6.07) is 7.75. The molecule has 1 aliphatic carbocycles. The first-order valence-electron chi connectivity index (χ1n) is 8.38. The zero-order valence-corrected chi connectivity index (χ0v) is 13.9. The van der Waals surface area contributed by atoms with Gasteiger partial charge in [0.05, 0.1) is 0 Å². The molecule has 7 heteroatoms. The highest BCUT2D eigenvalue weighted by atomic mass is 16.5. The van der Waals surface area contributed by atoms with Crippen LogP contribution in [0.5, 0.6) is 0 Å². The quantitative estimate of drug-likeness (QED) is 0.616. The molecule has 0 unspecified atom stereocenters. The Labute approximate surface area is 145 Å². The van der Waals surface area contributed by atoms with Crippen molar-refractivity contribution in [2.75, 3.05) is 0 Å². The Kier molecular flexibility index (Phi) is 4.83. The van der Waals surface area contributed by atoms with Gasteiger partial charge in [-0.05, 0) is 19.8 Å². The number of nitrogens with one attached hydrogen (secondary N) is 1. The number of carbonyl (C=O) groups is 4. The van der Waals surface area contributed by atoms with Crippen molar-refractivity contribution >= 4 is 23.7 Å². The lowest BCUT2D eigenvalue weighted by Gasteiger charge is -2.24. The van der Waals surface area contributed by atoms with E-state index in [0.29, 0.717) is 5.56 Å². The number of amides is 3. The molecule has 1 heterocycles. The molecule has 2 aliphatic rings. The van der Waals surface area contributed by atoms with Crippen molar-refractivity contribution in [3.63, 3.8) is 0 Å². The predicted octanol–water partition coefficient (Wildman–Crippen LogP) is 1.09. The molecule has 1 aromatic carbocycles. The Morgan fingerprint density at radius 1 is 1.12 bits per heavy atom. The summed E-state index contributed by atoms with van der Waals surface area (Å²) in [5.74, 6) is -1.96. The van der Waals surface area contributed by atoms with Gasteiger partial charge in [0.1, 0.15) is 6.04 Å². The van der Waals surface area contributed by atoms with Crippen LogP contribution in [0.15, 0.2) is 30.3 Å². The van der Waals surface area contributed by atoms with Gasteiger partial charge in [0.15, 0.2) is 0 Å². The number of hydrogen-bond donors (Lipinski definition) is 1. The van der Waals surface area contributed by atoms with Gasteiger partial charge in [-0.1, -0.05) is 30.3 Å². The van der Waals surface area contributed by atoms with Crippen molar-refractivity contribution in [2.24, 2.45) is 0 Å². The summed E-state index contributed by atoms with van der Waals surface area (Å²) in [6.07, 6.45) is 0.911. The third kappa shape index (κ3) is 3.87. The topological polar surface area (TPSA) is 92.8 Å². The summed E-state index contributed by atoms with van der Waals surface area (Å²) in [5.41, 5.74) is 0.542. The molecule has 1 saturated carbocycles. The molecule has 2 atom stereocenters. The van der Waals surface area contributed by atoms with Crippen LogP contribution in [-0.4, -0.2) is 40.7 Å². The van der Waals surface area contributed by atoms with Crippen LogP contribution in [0.1, 0.15) is 44.3 Å². The lowest BCUT2D eigenvalue weighted by atomic mass is 10.1. The Morgan fingerprint density at radius 3 is 2.28 bits per heavy atom. The van der Waals surface area contributed by atoms with Crippen LogP contribution in [0.2, 0.25) is 0 Å². The van der Waals surface area contributed by atoms with Crippen molar-refractivity contribution < 1.29 is 23.9 Å². The summed E-state index contributed by atoms with van der Waals surface area (Å²) in [4.78, 5) is 49.4. The minimum atomic E-state index is -1.11. The van der Waals surface area contributed by atoms with Gasteiger partial charge in [-0.25, -0.2) is 4.79 Å². The van der Waals surface area contributed by atoms with Crippen LogP contribution in [0, 0.1) is 0 Å². The van der Waals surface area contributed by atoms with E-state index < -0.39 is 35.8 Å². The fraction of sp³-hybridized carbons (Fsp3) is 0.444. The van der Waals surface area contributed by atoms with Crippen LogP contribution in [0.4, 0.5) is 0 Å². The summed E-state index contributed by atoms with van der Waals surface area (Å²) in [7, 11) is 0. The standard InChI is InChI=1S/C18H20N2O5/c1-11(20-14(21)9-10-15(20)22)18(24)25-16(12-5-3-2-4-6-12)17(23)19-13-7-8-13/h2-6,11,13,16H,7-10H2,1H3,(H,19,23)/t11-,16+/m1/s1. The molecule has 25 heavy (non-hydrogen) atoms. The van der Waals surface area contributed by atoms with Crippen LogP contribution in [0.3, 0.4) is 0 Å². The first kappa shape index (κ1) is 17.1. The van der Waals surface area contributed by atoms with Gasteiger partial charge in [-0.15, -0.1) is 0 Å². The van der Waals surface area contributed by atoms with Gasteiger partial charge in [0.25, 0.3) is 5.91 Å². The maximum absolute atomic E-state index is 12.5. The highest BCUT2D eigenvalue weighted by Crippen LogP contribution is 2.24. The normalized spacial score (nSPS) is 19.5. The summed E-state index contributed by atoms with van der Waals surface area (Å²) >= 11 is 0. The van der Waals surface area contributed by atoms with Gasteiger partial charge in [0, 0.05) is 24.4 Å². The number of nitrogens with zero attached hydrogens (tertiary/aromatic N) is 1. The first-order valence-corrected chi connectivity index (χ1v) is 8.38. The molecule has 132 valence electrons. The van der Waals surface area contributed by atoms with Crippen LogP contribution < -0.4 is 5.32 Å². The van der Waals surface area contributed by atoms with Crippen molar-refractivity contribution in [3.05, 3.63) is 35.9 Å². The second-order valence-electron chi connectivity index (χ2n) is 6.34. The molecular formula is C18H20N2O5. The van der Waals surface area contributed by atoms with E-state index in [1.165, 1.54) is 6.92 Å². The van der Waals surface area contributed by atoms with Crippen LogP contribution >= 0.6 is 0 Å². The SMILES string of the molecule is C[C@H](C(=O)O[C@H](C(=O)NC1CC1)c1ccccc1)N1C(=O)CCC1=O. The molecule has 1 N–H and O–H groups in total. The molecule has 0 radical (unpaired) electrons. The lowest BCUT2D eigenvalue weighted by Crippen LogP contribution is -2.44. The second kappa shape index (κ2) is 7.04. The fourth-order valence-electron chi connectivity index (χ4n) is 2.75. The molecular weight excluding hydrogens is 324 g/mol. The van der Waals surface area contributed by atoms with Gasteiger partial charge in [0.2, 0.25) is 17.9 Å². The maximum Gasteiger partial charge on any atom is 0.330 e. The number of imide groups is 1. The molecule has 0 bridgehead atoms. The first-order chi connectivity index (χ1) is 12.0. The second-order valence-corrected chi connectivity index (χ2v) is 6.34. The largest absolute Gasteiger partial charge is 0.446 e. The van der Waals surface area contributed by atoms with E-state index >= 15 is 0 Å². The maximum atomic E-state index is 12.5. The molecule has 7 nitrogen and oxygen atoms in total. The minimum absolute atomic E-state index is 0.0979. The highest BCUT2D eigenvalue weighted by molar-refractivity contribution is 6.05. The van der Waals surface area contributed by atoms with Crippen molar-refractivity contribution in [1.29, 1.82) is 0 Å². The van der Waals surface area contributed by atoms with Crippen molar-refractivity contribution in [1.82, 2.24) is 10.2 Å². The third-order valence-corrected chi connectivity index (χ3v) is 4.32. The highest BCUT2D eigenvalue weighted by Gasteiger charge is 2.39. The molecule has 1 saturated heterocycles. The van der Waals surface area contributed by atoms with Crippen LogP contribution in [-0.2, 0) is 23.9 Å². The number of carbonyl (C=O) groups excluding carboxylic acids is 4. The Hall–Kier alpha value is -2.70. The Balaban J connectivity index is 1.74. The number of rotatable bonds is 6. The smallest absolute Gasteiger partial charge is 0.330 e. The molecule has 3 amide bonds. The molecule has 1 aromatic rings. The van der Waals surface area contributed by atoms with Gasteiger partial charge in [-0.3, -0.25) is 19.3 Å². The van der Waals surface area contributed by atoms with E-state index in [9.17, 15) is 19.2 Å². The van der Waals surface area contributed by atoms with Crippen LogP contribution in [0.25, 0.3) is 0 Å². The van der Waals surface area contributed by atoms with Crippen molar-refractivity contribution in [2.45, 2.75) is 50.8 Å². The molecule has 0 aromatic heterocycles. The Bertz CT molecular complexity index is 683. The molecule has 0 spiro atoms. The van der Waals surface area contributed by atoms with E-state index in [4.69, 9.17) is 4.74 Å². The van der Waals surface area contributed by atoms with E-state index in [0.717, 1.165) is 17.7 Å². The van der Waals surface area contributed by atoms with Gasteiger partial charge >= 0.3 is 5.97 Å². The molecule has 1 aliphatic heterocycles. The summed E-state index contributed by atoms with van der Waals surface area (Å²) in [5, 5.41) is 2.82. The van der Waals surface area contributed by atoms with Crippen molar-refractivity contribution in [3.8, 4) is 0 Å². The summed E-state index contributed by atoms with van der Waals surface area (Å²) < 4.78 is 5.40. The number of esters is 1. The van der Waals surface area contributed by atoms with Gasteiger partial charge < -0.3 is 10.1 Å². The van der Waals surface area contributed by atoms with E-state index in [2.05, 4.69) is 5.32 Å². The fourth-order valence-corrected chi connectivity index (χ4v) is 2.75. The third-order valence-electron chi connectivity index (χ3n) is 4.32. The average Bonchev–Trinajstić information content (AvgIpc) is 3.35. The number of ether oxygens (including phenoxy) is 1. The molecule has 2 fully saturated rings. The van der Waals surface area contributed by atoms with E-state index in [1.54, 1.807) is 30.3 Å². The molecule has 3 rings (SSSR count). The minimum Gasteiger partial charge on any atom is -0.446 e. The number of benzene rings is 1. The van der Waals surface area contributed by atoms with E-state index in [-0.39, 0.29) is 18.9 Å². The monoisotopic (exact) mass is 344 g/mol. The lowest BCUT2D eigenvalue weighted by molar-refractivity contribution is -0.164. The van der Waals surface area contributed by atoms with E-state index in [1.807, 2.05) is 0 Å². The average molecular weight is 344 g/mol. The summed E-state index contributed by atoms with van der Waals surface area (Å²) in [6.45, 7) is 1.43. The Morgan fingerprint density at radius 2 is 1.72 bits per heavy atom.